The van der Waals surface area contributed by atoms with Crippen molar-refractivity contribution in [1.29, 1.82) is 0 Å². The molecule has 0 aliphatic heterocycles. The Morgan fingerprint density at radius 1 is 1.53 bits per heavy atom. The smallest absolute Gasteiger partial charge is 0.363 e. The van der Waals surface area contributed by atoms with Crippen molar-refractivity contribution in [1.82, 2.24) is 9.88 Å². The van der Waals surface area contributed by atoms with Gasteiger partial charge in [0.2, 0.25) is 5.91 Å². The van der Waals surface area contributed by atoms with E-state index in [9.17, 15) is 14.9 Å². The number of amides is 1. The molecule has 0 aliphatic rings. The molecule has 0 radical (unpaired) electrons. The fraction of sp³-hybridized carbons (Fsp3) is 0.400. The molecule has 1 aromatic rings. The predicted molar refractivity (Wildman–Crippen MR) is 62.7 cm³/mol. The highest BCUT2D eigenvalue weighted by Crippen LogP contribution is 2.12. The maximum atomic E-state index is 11.6. The Morgan fingerprint density at radius 2 is 2.18 bits per heavy atom. The Hall–Kier alpha value is -2.18. The zero-order valence-electron chi connectivity index (χ0n) is 9.88. The van der Waals surface area contributed by atoms with E-state index in [1.165, 1.54) is 23.2 Å². The minimum Gasteiger partial charge on any atom is -0.371 e. The molecule has 0 spiro atoms. The molecule has 17 heavy (non-hydrogen) atoms. The van der Waals surface area contributed by atoms with Gasteiger partial charge in [0.1, 0.15) is 6.04 Å². The normalized spacial score (nSPS) is 11.7. The first-order valence-electron chi connectivity index (χ1n) is 5.00. The topological polar surface area (TPSA) is 88.4 Å². The molecule has 1 heterocycles. The molecular weight excluding hydrogens is 224 g/mol. The summed E-state index contributed by atoms with van der Waals surface area (Å²) >= 11 is 0. The van der Waals surface area contributed by atoms with Crippen LogP contribution in [0.25, 0.3) is 0 Å². The van der Waals surface area contributed by atoms with E-state index < -0.39 is 11.0 Å². The van der Waals surface area contributed by atoms with E-state index >= 15 is 0 Å². The van der Waals surface area contributed by atoms with Gasteiger partial charge in [-0.1, -0.05) is 0 Å². The maximum absolute atomic E-state index is 11.6. The molecule has 0 aliphatic carbocycles. The number of carbonyl (C=O) groups is 1. The van der Waals surface area contributed by atoms with Crippen LogP contribution in [0.4, 0.5) is 11.5 Å². The summed E-state index contributed by atoms with van der Waals surface area (Å²) in [5.41, 5.74) is 0.568. The average molecular weight is 238 g/mol. The van der Waals surface area contributed by atoms with Crippen LogP contribution in [0, 0.1) is 10.1 Å². The molecule has 1 unspecified atom stereocenters. The van der Waals surface area contributed by atoms with Crippen molar-refractivity contribution in [2.75, 3.05) is 19.4 Å². The standard InChI is InChI=1S/C10H14N4O3/c1-7(10(15)13(2)3)12-8-4-5-9(11-6-8)14(16)17/h4-7,12H,1-3H3. The third kappa shape index (κ3) is 3.40. The van der Waals surface area contributed by atoms with Crippen molar-refractivity contribution in [3.63, 3.8) is 0 Å². The molecule has 0 bridgehead atoms. The van der Waals surface area contributed by atoms with Gasteiger partial charge in [-0.15, -0.1) is 0 Å². The van der Waals surface area contributed by atoms with Gasteiger partial charge in [0.15, 0.2) is 6.20 Å². The van der Waals surface area contributed by atoms with Crippen molar-refractivity contribution >= 4 is 17.4 Å². The summed E-state index contributed by atoms with van der Waals surface area (Å²) in [6.45, 7) is 1.71. The first-order valence-corrected chi connectivity index (χ1v) is 5.00. The van der Waals surface area contributed by atoms with Crippen molar-refractivity contribution in [2.24, 2.45) is 0 Å². The van der Waals surface area contributed by atoms with E-state index in [1.807, 2.05) is 0 Å². The first-order chi connectivity index (χ1) is 7.91. The highest BCUT2D eigenvalue weighted by Gasteiger charge is 2.15. The van der Waals surface area contributed by atoms with Crippen molar-refractivity contribution in [3.05, 3.63) is 28.4 Å². The van der Waals surface area contributed by atoms with Crippen LogP contribution < -0.4 is 5.32 Å². The number of rotatable bonds is 4. The lowest BCUT2D eigenvalue weighted by atomic mass is 10.3. The third-order valence-corrected chi connectivity index (χ3v) is 2.13. The van der Waals surface area contributed by atoms with Gasteiger partial charge < -0.3 is 20.3 Å². The monoisotopic (exact) mass is 238 g/mol. The van der Waals surface area contributed by atoms with Crippen molar-refractivity contribution < 1.29 is 9.72 Å². The highest BCUT2D eigenvalue weighted by molar-refractivity contribution is 5.83. The molecule has 1 aromatic heterocycles. The van der Waals surface area contributed by atoms with Gasteiger partial charge in [-0.2, -0.15) is 0 Å². The first kappa shape index (κ1) is 12.9. The number of likely N-dealkylation sites (N-methyl/N-ethyl adjacent to an activating group) is 1. The van der Waals surface area contributed by atoms with E-state index in [4.69, 9.17) is 0 Å². The minimum absolute atomic E-state index is 0.0802. The van der Waals surface area contributed by atoms with Gasteiger partial charge in [-0.3, -0.25) is 4.79 Å². The summed E-state index contributed by atoms with van der Waals surface area (Å²) in [6.07, 6.45) is 1.33. The molecule has 0 saturated heterocycles. The summed E-state index contributed by atoms with van der Waals surface area (Å²) in [5, 5.41) is 13.3. The van der Waals surface area contributed by atoms with Gasteiger partial charge >= 0.3 is 5.82 Å². The molecule has 92 valence electrons. The van der Waals surface area contributed by atoms with Crippen LogP contribution in [-0.4, -0.2) is 40.9 Å². The lowest BCUT2D eigenvalue weighted by molar-refractivity contribution is -0.389. The number of nitrogens with one attached hydrogen (secondary N) is 1. The molecule has 0 saturated carbocycles. The second-order valence-corrected chi connectivity index (χ2v) is 3.76. The summed E-state index contributed by atoms with van der Waals surface area (Å²) in [7, 11) is 3.32. The van der Waals surface area contributed by atoms with Crippen molar-refractivity contribution in [3.8, 4) is 0 Å². The zero-order chi connectivity index (χ0) is 13.0. The third-order valence-electron chi connectivity index (χ3n) is 2.13. The van der Waals surface area contributed by atoms with Crippen LogP contribution in [0.2, 0.25) is 0 Å². The van der Waals surface area contributed by atoms with Gasteiger partial charge in [-0.25, -0.2) is 0 Å². The fourth-order valence-electron chi connectivity index (χ4n) is 1.28. The van der Waals surface area contributed by atoms with Crippen molar-refractivity contribution in [2.45, 2.75) is 13.0 Å². The molecule has 1 N–H and O–H groups in total. The highest BCUT2D eigenvalue weighted by atomic mass is 16.6. The van der Waals surface area contributed by atoms with E-state index in [0.717, 1.165) is 0 Å². The zero-order valence-corrected chi connectivity index (χ0v) is 9.88. The lowest BCUT2D eigenvalue weighted by Gasteiger charge is -2.18. The quantitative estimate of drug-likeness (QED) is 0.621. The Balaban J connectivity index is 2.69. The summed E-state index contributed by atoms with van der Waals surface area (Å²) in [5.74, 6) is -0.300. The molecule has 7 heteroatoms. The van der Waals surface area contributed by atoms with E-state index in [2.05, 4.69) is 10.3 Å². The molecule has 1 rings (SSSR count). The number of aromatic nitrogens is 1. The number of hydrogen-bond acceptors (Lipinski definition) is 5. The fourth-order valence-corrected chi connectivity index (χ4v) is 1.28. The van der Waals surface area contributed by atoms with E-state index in [1.54, 1.807) is 21.0 Å². The van der Waals surface area contributed by atoms with Crippen LogP contribution in [0.15, 0.2) is 18.3 Å². The van der Waals surface area contributed by atoms with Gasteiger partial charge in [0.05, 0.1) is 5.69 Å². The molecule has 0 fully saturated rings. The number of carbonyl (C=O) groups excluding carboxylic acids is 1. The second kappa shape index (κ2) is 5.24. The number of nitro groups is 1. The lowest BCUT2D eigenvalue weighted by Crippen LogP contribution is -2.36. The number of hydrogen-bond donors (Lipinski definition) is 1. The molecule has 1 amide bonds. The van der Waals surface area contributed by atoms with E-state index in [-0.39, 0.29) is 11.7 Å². The Morgan fingerprint density at radius 3 is 2.59 bits per heavy atom. The predicted octanol–water partition coefficient (Wildman–Crippen LogP) is 0.878. The second-order valence-electron chi connectivity index (χ2n) is 3.76. The SMILES string of the molecule is CC(Nc1ccc([N+](=O)[O-])nc1)C(=O)N(C)C. The Bertz CT molecular complexity index is 416. The van der Waals surface area contributed by atoms with Crippen LogP contribution >= 0.6 is 0 Å². The molecule has 0 aromatic carbocycles. The number of pyridine rings is 1. The molecule has 1 atom stereocenters. The summed E-state index contributed by atoms with van der Waals surface area (Å²) in [4.78, 5) is 26.5. The summed E-state index contributed by atoms with van der Waals surface area (Å²) < 4.78 is 0. The van der Waals surface area contributed by atoms with Crippen LogP contribution in [0.5, 0.6) is 0 Å². The van der Waals surface area contributed by atoms with Crippen LogP contribution in [0.3, 0.4) is 0 Å². The Labute approximate surface area is 98.6 Å². The largest absolute Gasteiger partial charge is 0.371 e. The maximum Gasteiger partial charge on any atom is 0.363 e. The van der Waals surface area contributed by atoms with E-state index in [0.29, 0.717) is 5.69 Å². The van der Waals surface area contributed by atoms with Crippen LogP contribution in [-0.2, 0) is 4.79 Å². The van der Waals surface area contributed by atoms with Crippen LogP contribution in [0.1, 0.15) is 6.92 Å². The number of anilines is 1. The minimum atomic E-state index is -0.571. The van der Waals surface area contributed by atoms with Gasteiger partial charge in [0.25, 0.3) is 0 Å². The molecule has 7 nitrogen and oxygen atoms in total. The number of nitrogens with zero attached hydrogens (tertiary/aromatic N) is 3. The molecular formula is C10H14N4O3. The van der Waals surface area contributed by atoms with Gasteiger partial charge in [0, 0.05) is 20.2 Å². The average Bonchev–Trinajstić information content (AvgIpc) is 2.28. The van der Waals surface area contributed by atoms with Gasteiger partial charge in [-0.05, 0) is 22.9 Å². The summed E-state index contributed by atoms with van der Waals surface area (Å²) in [6, 6.07) is 2.40. The Kier molecular flexibility index (Phi) is 3.97.